The number of nitrogens with one attached hydrogen (secondary N) is 1. The van der Waals surface area contributed by atoms with Crippen LogP contribution in [-0.4, -0.2) is 12.6 Å². The minimum atomic E-state index is -0.134. The highest BCUT2D eigenvalue weighted by Crippen LogP contribution is 2.35. The van der Waals surface area contributed by atoms with Crippen molar-refractivity contribution in [2.45, 2.75) is 64.3 Å². The summed E-state index contributed by atoms with van der Waals surface area (Å²) in [5.41, 5.74) is 1.30. The maximum Gasteiger partial charge on any atom is 0.123 e. The van der Waals surface area contributed by atoms with Crippen LogP contribution in [0.25, 0.3) is 0 Å². The summed E-state index contributed by atoms with van der Waals surface area (Å²) in [5, 5.41) is 3.58. The summed E-state index contributed by atoms with van der Waals surface area (Å²) in [6.45, 7) is 5.39. The summed E-state index contributed by atoms with van der Waals surface area (Å²) in [7, 11) is 0. The fourth-order valence-corrected chi connectivity index (χ4v) is 3.34. The summed E-state index contributed by atoms with van der Waals surface area (Å²) < 4.78 is 13.2. The zero-order chi connectivity index (χ0) is 14.4. The molecule has 0 saturated heterocycles. The SMILES string of the molecule is CC(C)NCC(c1ccc(F)cc1)C1CCCCCC1. The molecule has 2 heteroatoms. The van der Waals surface area contributed by atoms with Crippen LogP contribution in [0.2, 0.25) is 0 Å². The summed E-state index contributed by atoms with van der Waals surface area (Å²) >= 11 is 0. The van der Waals surface area contributed by atoms with Crippen LogP contribution in [0, 0.1) is 11.7 Å². The van der Waals surface area contributed by atoms with Gasteiger partial charge in [0.2, 0.25) is 0 Å². The molecule has 0 aliphatic heterocycles. The van der Waals surface area contributed by atoms with Crippen LogP contribution < -0.4 is 5.32 Å². The maximum absolute atomic E-state index is 13.2. The van der Waals surface area contributed by atoms with Gasteiger partial charge in [0.25, 0.3) is 0 Å². The molecule has 0 heterocycles. The van der Waals surface area contributed by atoms with Gasteiger partial charge in [0.05, 0.1) is 0 Å². The van der Waals surface area contributed by atoms with Crippen LogP contribution in [0.15, 0.2) is 24.3 Å². The quantitative estimate of drug-likeness (QED) is 0.757. The Morgan fingerprint density at radius 3 is 2.20 bits per heavy atom. The van der Waals surface area contributed by atoms with Crippen LogP contribution in [0.3, 0.4) is 0 Å². The van der Waals surface area contributed by atoms with Crippen molar-refractivity contribution < 1.29 is 4.39 Å². The standard InChI is InChI=1S/C18H28FN/c1-14(2)20-13-18(15-7-5-3-4-6-8-15)16-9-11-17(19)12-10-16/h9-12,14-15,18,20H,3-8,13H2,1-2H3. The van der Waals surface area contributed by atoms with Crippen molar-refractivity contribution >= 4 is 0 Å². The molecule has 20 heavy (non-hydrogen) atoms. The molecular weight excluding hydrogens is 249 g/mol. The van der Waals surface area contributed by atoms with E-state index in [4.69, 9.17) is 0 Å². The van der Waals surface area contributed by atoms with Crippen LogP contribution in [0.1, 0.15) is 63.9 Å². The van der Waals surface area contributed by atoms with E-state index in [-0.39, 0.29) is 5.82 Å². The highest BCUT2D eigenvalue weighted by Gasteiger charge is 2.24. The lowest BCUT2D eigenvalue weighted by Gasteiger charge is -2.28. The second-order valence-electron chi connectivity index (χ2n) is 6.47. The number of benzene rings is 1. The van der Waals surface area contributed by atoms with Crippen molar-refractivity contribution in [3.63, 3.8) is 0 Å². The van der Waals surface area contributed by atoms with Gasteiger partial charge in [-0.25, -0.2) is 4.39 Å². The van der Waals surface area contributed by atoms with Gasteiger partial charge in [-0.3, -0.25) is 0 Å². The van der Waals surface area contributed by atoms with Gasteiger partial charge in [-0.05, 0) is 42.4 Å². The average Bonchev–Trinajstić information content (AvgIpc) is 2.70. The van der Waals surface area contributed by atoms with Crippen molar-refractivity contribution in [3.05, 3.63) is 35.6 Å². The molecule has 1 unspecified atom stereocenters. The highest BCUT2D eigenvalue weighted by atomic mass is 19.1. The lowest BCUT2D eigenvalue weighted by Crippen LogP contribution is -2.31. The number of rotatable bonds is 5. The summed E-state index contributed by atoms with van der Waals surface area (Å²) in [4.78, 5) is 0. The topological polar surface area (TPSA) is 12.0 Å². The Morgan fingerprint density at radius 1 is 1.05 bits per heavy atom. The van der Waals surface area contributed by atoms with E-state index >= 15 is 0 Å². The first-order valence-corrected chi connectivity index (χ1v) is 8.15. The van der Waals surface area contributed by atoms with Gasteiger partial charge in [0.1, 0.15) is 5.82 Å². The lowest BCUT2D eigenvalue weighted by atomic mass is 9.81. The summed E-state index contributed by atoms with van der Waals surface area (Å²) in [6, 6.07) is 7.67. The molecule has 1 aromatic rings. The third-order valence-electron chi connectivity index (χ3n) is 4.51. The van der Waals surface area contributed by atoms with Crippen molar-refractivity contribution in [2.24, 2.45) is 5.92 Å². The fourth-order valence-electron chi connectivity index (χ4n) is 3.34. The molecule has 1 saturated carbocycles. The van der Waals surface area contributed by atoms with Gasteiger partial charge in [-0.1, -0.05) is 51.7 Å². The predicted molar refractivity (Wildman–Crippen MR) is 83.5 cm³/mol. The molecule has 1 nitrogen and oxygen atoms in total. The Labute approximate surface area is 123 Å². The molecule has 0 aromatic heterocycles. The van der Waals surface area contributed by atoms with Crippen LogP contribution in [-0.2, 0) is 0 Å². The molecule has 1 fully saturated rings. The molecule has 1 aromatic carbocycles. The van der Waals surface area contributed by atoms with E-state index in [9.17, 15) is 4.39 Å². The first kappa shape index (κ1) is 15.5. The largest absolute Gasteiger partial charge is 0.314 e. The van der Waals surface area contributed by atoms with Crippen molar-refractivity contribution in [1.29, 1.82) is 0 Å². The Morgan fingerprint density at radius 2 is 1.65 bits per heavy atom. The Hall–Kier alpha value is -0.890. The van der Waals surface area contributed by atoms with Crippen LogP contribution in [0.5, 0.6) is 0 Å². The summed E-state index contributed by atoms with van der Waals surface area (Å²) in [6.07, 6.45) is 8.10. The first-order chi connectivity index (χ1) is 9.66. The zero-order valence-electron chi connectivity index (χ0n) is 12.9. The third kappa shape index (κ3) is 4.59. The van der Waals surface area contributed by atoms with E-state index in [0.29, 0.717) is 12.0 Å². The van der Waals surface area contributed by atoms with E-state index in [1.165, 1.54) is 44.1 Å². The van der Waals surface area contributed by atoms with Gasteiger partial charge in [0.15, 0.2) is 0 Å². The smallest absolute Gasteiger partial charge is 0.123 e. The Bertz CT molecular complexity index is 377. The number of hydrogen-bond donors (Lipinski definition) is 1. The molecule has 1 N–H and O–H groups in total. The molecule has 112 valence electrons. The minimum absolute atomic E-state index is 0.134. The minimum Gasteiger partial charge on any atom is -0.314 e. The second kappa shape index (κ2) is 7.78. The first-order valence-electron chi connectivity index (χ1n) is 8.15. The zero-order valence-corrected chi connectivity index (χ0v) is 12.9. The molecule has 1 aliphatic rings. The van der Waals surface area contributed by atoms with Crippen LogP contribution in [0.4, 0.5) is 4.39 Å². The fraction of sp³-hybridized carbons (Fsp3) is 0.667. The van der Waals surface area contributed by atoms with Gasteiger partial charge >= 0.3 is 0 Å². The molecule has 1 aliphatic carbocycles. The van der Waals surface area contributed by atoms with E-state index in [1.54, 1.807) is 12.1 Å². The molecule has 0 spiro atoms. The van der Waals surface area contributed by atoms with Crippen molar-refractivity contribution in [3.8, 4) is 0 Å². The van der Waals surface area contributed by atoms with E-state index in [2.05, 4.69) is 19.2 Å². The van der Waals surface area contributed by atoms with Gasteiger partial charge < -0.3 is 5.32 Å². The number of hydrogen-bond acceptors (Lipinski definition) is 1. The Kier molecular flexibility index (Phi) is 6.03. The number of halogens is 1. The van der Waals surface area contributed by atoms with E-state index in [0.717, 1.165) is 12.5 Å². The van der Waals surface area contributed by atoms with Gasteiger partial charge in [-0.2, -0.15) is 0 Å². The predicted octanol–water partition coefficient (Wildman–Crippen LogP) is 4.88. The van der Waals surface area contributed by atoms with Crippen molar-refractivity contribution in [1.82, 2.24) is 5.32 Å². The molecule has 2 rings (SSSR count). The molecule has 0 amide bonds. The van der Waals surface area contributed by atoms with E-state index in [1.807, 2.05) is 12.1 Å². The second-order valence-corrected chi connectivity index (χ2v) is 6.47. The average molecular weight is 277 g/mol. The third-order valence-corrected chi connectivity index (χ3v) is 4.51. The maximum atomic E-state index is 13.2. The molecule has 0 radical (unpaired) electrons. The monoisotopic (exact) mass is 277 g/mol. The summed E-state index contributed by atoms with van der Waals surface area (Å²) in [5.74, 6) is 1.13. The lowest BCUT2D eigenvalue weighted by molar-refractivity contribution is 0.353. The van der Waals surface area contributed by atoms with Gasteiger partial charge in [0, 0.05) is 12.6 Å². The Balaban J connectivity index is 2.11. The molecule has 1 atom stereocenters. The molecule has 0 bridgehead atoms. The normalized spacial score (nSPS) is 19.0. The van der Waals surface area contributed by atoms with Crippen LogP contribution >= 0.6 is 0 Å². The highest BCUT2D eigenvalue weighted by molar-refractivity contribution is 5.22. The molecular formula is C18H28FN. The van der Waals surface area contributed by atoms with Gasteiger partial charge in [-0.15, -0.1) is 0 Å². The van der Waals surface area contributed by atoms with Crippen molar-refractivity contribution in [2.75, 3.05) is 6.54 Å². The van der Waals surface area contributed by atoms with E-state index < -0.39 is 0 Å².